The molecule has 0 saturated carbocycles. The Labute approximate surface area is 179 Å². The van der Waals surface area contributed by atoms with Crippen molar-refractivity contribution in [1.82, 2.24) is 14.8 Å². The van der Waals surface area contributed by atoms with Crippen molar-refractivity contribution in [3.8, 4) is 16.6 Å². The van der Waals surface area contributed by atoms with Gasteiger partial charge in [-0.1, -0.05) is 24.3 Å². The predicted octanol–water partition coefficient (Wildman–Crippen LogP) is 4.17. The van der Waals surface area contributed by atoms with E-state index in [9.17, 15) is 9.18 Å². The van der Waals surface area contributed by atoms with Crippen LogP contribution in [-0.2, 0) is 6.54 Å². The highest BCUT2D eigenvalue weighted by Crippen LogP contribution is 2.26. The highest BCUT2D eigenvalue weighted by atomic mass is 32.1. The minimum atomic E-state index is -0.334. The molecule has 2 heterocycles. The SMILES string of the molecule is N#Cc1ccc(CN2CCCN(C(=O)c3csc(-c4ccccc4F)n3)CC2)cc1. The van der Waals surface area contributed by atoms with Crippen LogP contribution in [0, 0.1) is 17.1 Å². The zero-order valence-corrected chi connectivity index (χ0v) is 17.2. The molecule has 3 aromatic rings. The summed E-state index contributed by atoms with van der Waals surface area (Å²) in [5, 5.41) is 11.2. The van der Waals surface area contributed by atoms with Crippen LogP contribution in [0.4, 0.5) is 4.39 Å². The van der Waals surface area contributed by atoms with E-state index in [1.54, 1.807) is 23.6 Å². The predicted molar refractivity (Wildman–Crippen MR) is 114 cm³/mol. The monoisotopic (exact) mass is 420 g/mol. The molecule has 1 aliphatic heterocycles. The molecule has 1 fully saturated rings. The Morgan fingerprint density at radius 1 is 1.10 bits per heavy atom. The van der Waals surface area contributed by atoms with Gasteiger partial charge in [-0.15, -0.1) is 11.3 Å². The molecule has 4 rings (SSSR count). The van der Waals surface area contributed by atoms with E-state index in [-0.39, 0.29) is 11.7 Å². The molecular formula is C23H21FN4OS. The van der Waals surface area contributed by atoms with Gasteiger partial charge in [-0.3, -0.25) is 9.69 Å². The zero-order chi connectivity index (χ0) is 20.9. The second kappa shape index (κ2) is 9.16. The summed E-state index contributed by atoms with van der Waals surface area (Å²) in [6, 6.07) is 16.2. The van der Waals surface area contributed by atoms with Crippen LogP contribution in [0.15, 0.2) is 53.9 Å². The molecule has 30 heavy (non-hydrogen) atoms. The summed E-state index contributed by atoms with van der Waals surface area (Å²) < 4.78 is 14.0. The summed E-state index contributed by atoms with van der Waals surface area (Å²) in [7, 11) is 0. The maximum atomic E-state index is 14.0. The van der Waals surface area contributed by atoms with Gasteiger partial charge < -0.3 is 4.90 Å². The van der Waals surface area contributed by atoms with Crippen molar-refractivity contribution in [2.75, 3.05) is 26.2 Å². The smallest absolute Gasteiger partial charge is 0.273 e. The first-order valence-corrected chi connectivity index (χ1v) is 10.7. The molecule has 152 valence electrons. The van der Waals surface area contributed by atoms with Crippen molar-refractivity contribution >= 4 is 17.2 Å². The molecule has 1 saturated heterocycles. The maximum absolute atomic E-state index is 14.0. The maximum Gasteiger partial charge on any atom is 0.273 e. The second-order valence-electron chi connectivity index (χ2n) is 7.25. The van der Waals surface area contributed by atoms with E-state index in [0.29, 0.717) is 34.9 Å². The number of benzene rings is 2. The van der Waals surface area contributed by atoms with E-state index in [4.69, 9.17) is 5.26 Å². The van der Waals surface area contributed by atoms with Crippen LogP contribution in [0.2, 0.25) is 0 Å². The van der Waals surface area contributed by atoms with Gasteiger partial charge >= 0.3 is 0 Å². The van der Waals surface area contributed by atoms with Gasteiger partial charge in [-0.2, -0.15) is 5.26 Å². The number of amides is 1. The van der Waals surface area contributed by atoms with Crippen LogP contribution in [0.25, 0.3) is 10.6 Å². The van der Waals surface area contributed by atoms with Gasteiger partial charge in [0.05, 0.1) is 11.6 Å². The Morgan fingerprint density at radius 3 is 2.67 bits per heavy atom. The lowest BCUT2D eigenvalue weighted by atomic mass is 10.1. The number of nitriles is 1. The van der Waals surface area contributed by atoms with Gasteiger partial charge in [-0.05, 0) is 36.2 Å². The number of rotatable bonds is 4. The first kappa shape index (κ1) is 20.2. The number of hydrogen-bond donors (Lipinski definition) is 0. The molecule has 0 aliphatic carbocycles. The summed E-state index contributed by atoms with van der Waals surface area (Å²) in [5.74, 6) is -0.437. The van der Waals surface area contributed by atoms with Crippen LogP contribution in [-0.4, -0.2) is 46.9 Å². The summed E-state index contributed by atoms with van der Waals surface area (Å²) in [6.07, 6.45) is 0.881. The molecule has 0 N–H and O–H groups in total. The minimum Gasteiger partial charge on any atom is -0.336 e. The lowest BCUT2D eigenvalue weighted by molar-refractivity contribution is 0.0756. The number of hydrogen-bond acceptors (Lipinski definition) is 5. The number of aromatic nitrogens is 1. The van der Waals surface area contributed by atoms with Crippen LogP contribution in [0.1, 0.15) is 28.0 Å². The van der Waals surface area contributed by atoms with E-state index >= 15 is 0 Å². The number of halogens is 1. The van der Waals surface area contributed by atoms with Crippen LogP contribution in [0.5, 0.6) is 0 Å². The third-order valence-electron chi connectivity index (χ3n) is 5.19. The number of nitrogens with zero attached hydrogens (tertiary/aromatic N) is 4. The molecule has 1 aliphatic rings. The van der Waals surface area contributed by atoms with Gasteiger partial charge in [0.25, 0.3) is 5.91 Å². The van der Waals surface area contributed by atoms with Gasteiger partial charge in [0.2, 0.25) is 0 Å². The van der Waals surface area contributed by atoms with Gasteiger partial charge in [-0.25, -0.2) is 9.37 Å². The van der Waals surface area contributed by atoms with Gasteiger partial charge in [0, 0.05) is 43.7 Å². The standard InChI is InChI=1S/C23H21FN4OS/c24-20-5-2-1-4-19(20)22-26-21(16-30-22)23(29)28-11-3-10-27(12-13-28)15-18-8-6-17(14-25)7-9-18/h1-2,4-9,16H,3,10-13,15H2. The van der Waals surface area contributed by atoms with E-state index in [0.717, 1.165) is 31.6 Å². The van der Waals surface area contributed by atoms with Crippen molar-refractivity contribution < 1.29 is 9.18 Å². The molecule has 0 bridgehead atoms. The van der Waals surface area contributed by atoms with Crippen molar-refractivity contribution in [3.05, 3.63) is 76.5 Å². The largest absolute Gasteiger partial charge is 0.336 e. The van der Waals surface area contributed by atoms with Crippen molar-refractivity contribution in [3.63, 3.8) is 0 Å². The first-order valence-electron chi connectivity index (χ1n) is 9.85. The Kier molecular flexibility index (Phi) is 6.17. The summed E-state index contributed by atoms with van der Waals surface area (Å²) in [5.41, 5.74) is 2.61. The quantitative estimate of drug-likeness (QED) is 0.636. The summed E-state index contributed by atoms with van der Waals surface area (Å²) >= 11 is 1.29. The Hall–Kier alpha value is -3.08. The van der Waals surface area contributed by atoms with E-state index in [1.165, 1.54) is 17.4 Å². The zero-order valence-electron chi connectivity index (χ0n) is 16.4. The highest BCUT2D eigenvalue weighted by Gasteiger charge is 2.23. The fraction of sp³-hybridized carbons (Fsp3) is 0.261. The molecule has 0 unspecified atom stereocenters. The lowest BCUT2D eigenvalue weighted by Gasteiger charge is -2.21. The average Bonchev–Trinajstić information content (AvgIpc) is 3.14. The molecule has 0 atom stereocenters. The third kappa shape index (κ3) is 4.56. The Bertz CT molecular complexity index is 1070. The molecule has 1 amide bonds. The van der Waals surface area contributed by atoms with Crippen LogP contribution < -0.4 is 0 Å². The fourth-order valence-corrected chi connectivity index (χ4v) is 4.39. The molecule has 5 nitrogen and oxygen atoms in total. The van der Waals surface area contributed by atoms with Crippen molar-refractivity contribution in [2.45, 2.75) is 13.0 Å². The highest BCUT2D eigenvalue weighted by molar-refractivity contribution is 7.13. The summed E-state index contributed by atoms with van der Waals surface area (Å²) in [4.78, 5) is 21.5. The minimum absolute atomic E-state index is 0.103. The Balaban J connectivity index is 1.39. The van der Waals surface area contributed by atoms with Crippen molar-refractivity contribution in [1.29, 1.82) is 5.26 Å². The van der Waals surface area contributed by atoms with Crippen LogP contribution >= 0.6 is 11.3 Å². The third-order valence-corrected chi connectivity index (χ3v) is 6.07. The molecular weight excluding hydrogens is 399 g/mol. The van der Waals surface area contributed by atoms with Crippen LogP contribution in [0.3, 0.4) is 0 Å². The number of carbonyl (C=O) groups is 1. The molecule has 0 radical (unpaired) electrons. The normalized spacial score (nSPS) is 14.9. The topological polar surface area (TPSA) is 60.2 Å². The van der Waals surface area contributed by atoms with Crippen molar-refractivity contribution in [2.24, 2.45) is 0 Å². The van der Waals surface area contributed by atoms with Gasteiger partial charge in [0.15, 0.2) is 0 Å². The first-order chi connectivity index (χ1) is 14.6. The fourth-order valence-electron chi connectivity index (χ4n) is 3.57. The molecule has 1 aromatic heterocycles. The average molecular weight is 421 g/mol. The molecule has 2 aromatic carbocycles. The molecule has 7 heteroatoms. The summed E-state index contributed by atoms with van der Waals surface area (Å²) in [6.45, 7) is 3.77. The number of thiazole rings is 1. The molecule has 0 spiro atoms. The van der Waals surface area contributed by atoms with E-state index in [1.807, 2.05) is 29.2 Å². The van der Waals surface area contributed by atoms with Gasteiger partial charge in [0.1, 0.15) is 16.5 Å². The van der Waals surface area contributed by atoms with E-state index < -0.39 is 0 Å². The number of carbonyl (C=O) groups excluding carboxylic acids is 1. The second-order valence-corrected chi connectivity index (χ2v) is 8.11. The Morgan fingerprint density at radius 2 is 1.90 bits per heavy atom. The lowest BCUT2D eigenvalue weighted by Crippen LogP contribution is -2.35. The van der Waals surface area contributed by atoms with E-state index in [2.05, 4.69) is 16.0 Å².